The van der Waals surface area contributed by atoms with Crippen molar-refractivity contribution in [2.24, 2.45) is 23.2 Å². The van der Waals surface area contributed by atoms with Crippen LogP contribution in [-0.4, -0.2) is 55.2 Å². The van der Waals surface area contributed by atoms with Crippen molar-refractivity contribution in [2.45, 2.75) is 69.7 Å². The molecule has 1 spiro atoms. The molecule has 6 fully saturated rings. The van der Waals surface area contributed by atoms with Crippen molar-refractivity contribution >= 4 is 11.9 Å². The van der Waals surface area contributed by atoms with Crippen LogP contribution in [0.1, 0.15) is 64.2 Å². The molecule has 6 rings (SSSR count). The van der Waals surface area contributed by atoms with Gasteiger partial charge in [-0.2, -0.15) is 0 Å². The number of carbonyl (C=O) groups is 2. The van der Waals surface area contributed by atoms with E-state index < -0.39 is 0 Å². The number of amides is 3. The van der Waals surface area contributed by atoms with E-state index in [9.17, 15) is 9.59 Å². The van der Waals surface area contributed by atoms with Gasteiger partial charge >= 0.3 is 6.03 Å². The van der Waals surface area contributed by atoms with Crippen molar-refractivity contribution in [2.75, 3.05) is 32.8 Å². The third-order valence-corrected chi connectivity index (χ3v) is 8.24. The molecule has 4 bridgehead atoms. The van der Waals surface area contributed by atoms with Gasteiger partial charge in [0.1, 0.15) is 0 Å². The number of hydrogen-bond acceptors (Lipinski definition) is 3. The molecular weight excluding hydrogens is 354 g/mol. The van der Waals surface area contributed by atoms with Crippen LogP contribution in [0.2, 0.25) is 0 Å². The van der Waals surface area contributed by atoms with Gasteiger partial charge < -0.3 is 20.3 Å². The molecule has 6 aliphatic rings. The zero-order chi connectivity index (χ0) is 19.2. The first-order valence-electron chi connectivity index (χ1n) is 11.4. The van der Waals surface area contributed by atoms with Crippen molar-refractivity contribution < 1.29 is 14.3 Å². The second-order valence-electron chi connectivity index (χ2n) is 10.6. The van der Waals surface area contributed by atoms with Crippen molar-refractivity contribution in [3.63, 3.8) is 0 Å². The average molecular weight is 390 g/mol. The van der Waals surface area contributed by atoms with Gasteiger partial charge in [-0.1, -0.05) is 0 Å². The number of urea groups is 1. The largest absolute Gasteiger partial charge is 0.381 e. The lowest BCUT2D eigenvalue weighted by Crippen LogP contribution is -2.61. The quantitative estimate of drug-likeness (QED) is 0.777. The van der Waals surface area contributed by atoms with E-state index in [1.165, 1.54) is 25.7 Å². The van der Waals surface area contributed by atoms with Crippen molar-refractivity contribution in [3.8, 4) is 0 Å². The first kappa shape index (κ1) is 18.7. The van der Waals surface area contributed by atoms with Crippen LogP contribution < -0.4 is 10.6 Å². The van der Waals surface area contributed by atoms with Crippen molar-refractivity contribution in [1.29, 1.82) is 0 Å². The predicted molar refractivity (Wildman–Crippen MR) is 106 cm³/mol. The summed E-state index contributed by atoms with van der Waals surface area (Å²) in [5, 5.41) is 6.28. The lowest BCUT2D eigenvalue weighted by atomic mass is 9.53. The normalized spacial score (nSPS) is 41.4. The van der Waals surface area contributed by atoms with E-state index >= 15 is 0 Å². The molecule has 0 aromatic carbocycles. The Bertz CT molecular complexity index is 593. The maximum atomic E-state index is 12.6. The van der Waals surface area contributed by atoms with E-state index in [-0.39, 0.29) is 22.9 Å². The third kappa shape index (κ3) is 3.64. The fourth-order valence-corrected chi connectivity index (χ4v) is 7.37. The lowest BCUT2D eigenvalue weighted by Gasteiger charge is -2.56. The minimum Gasteiger partial charge on any atom is -0.381 e. The zero-order valence-corrected chi connectivity index (χ0v) is 17.0. The summed E-state index contributed by atoms with van der Waals surface area (Å²) >= 11 is 0. The summed E-state index contributed by atoms with van der Waals surface area (Å²) in [6, 6.07) is -0.0756. The fraction of sp³-hybridized carbons (Fsp3) is 0.909. The highest BCUT2D eigenvalue weighted by atomic mass is 16.5. The Morgan fingerprint density at radius 2 is 1.75 bits per heavy atom. The molecule has 2 saturated heterocycles. The molecule has 2 aliphatic heterocycles. The lowest BCUT2D eigenvalue weighted by molar-refractivity contribution is -0.130. The Balaban J connectivity index is 1.06. The summed E-state index contributed by atoms with van der Waals surface area (Å²) in [6.07, 6.45) is 11.3. The molecular formula is C22H35N3O3. The number of carbonyl (C=O) groups excluding carboxylic acids is 2. The predicted octanol–water partition coefficient (Wildman–Crippen LogP) is 2.67. The molecule has 4 saturated carbocycles. The van der Waals surface area contributed by atoms with Crippen LogP contribution in [0.3, 0.4) is 0 Å². The highest BCUT2D eigenvalue weighted by Crippen LogP contribution is 2.55. The van der Waals surface area contributed by atoms with Crippen LogP contribution >= 0.6 is 0 Å². The summed E-state index contributed by atoms with van der Waals surface area (Å²) < 4.78 is 5.66. The molecule has 6 nitrogen and oxygen atoms in total. The van der Waals surface area contributed by atoms with Gasteiger partial charge in [-0.25, -0.2) is 4.79 Å². The number of nitrogens with one attached hydrogen (secondary N) is 2. The van der Waals surface area contributed by atoms with Gasteiger partial charge in [0.15, 0.2) is 0 Å². The summed E-state index contributed by atoms with van der Waals surface area (Å²) in [6.45, 7) is 3.74. The van der Waals surface area contributed by atoms with Crippen LogP contribution in [0, 0.1) is 23.2 Å². The molecule has 0 aromatic rings. The molecule has 0 radical (unpaired) electrons. The zero-order valence-electron chi connectivity index (χ0n) is 17.0. The standard InChI is InChI=1S/C22H35N3O3/c26-19(25-6-4-21(14-25)3-1-7-28-15-21)2-5-23-20(27)24-22-11-16-8-17(12-22)10-18(9-16)13-22/h16-18H,1-15H2,(H2,23,24,27). The molecule has 3 amide bonds. The van der Waals surface area contributed by atoms with Crippen LogP contribution in [0.15, 0.2) is 0 Å². The molecule has 1 atom stereocenters. The SMILES string of the molecule is O=C(NCCC(=O)N1CCC2(CCCOC2)C1)NC12CC3CC(CC(C3)C1)C2. The molecule has 0 aromatic heterocycles. The molecule has 156 valence electrons. The fourth-order valence-electron chi connectivity index (χ4n) is 7.37. The topological polar surface area (TPSA) is 70.7 Å². The minimum absolute atomic E-state index is 0.0329. The highest BCUT2D eigenvalue weighted by molar-refractivity contribution is 5.79. The van der Waals surface area contributed by atoms with Gasteiger partial charge in [-0.3, -0.25) is 4.79 Å². The first-order chi connectivity index (χ1) is 13.5. The Hall–Kier alpha value is -1.30. The van der Waals surface area contributed by atoms with Gasteiger partial charge in [-0.05, 0) is 75.5 Å². The number of hydrogen-bond donors (Lipinski definition) is 2. The number of ether oxygens (including phenoxy) is 1. The van der Waals surface area contributed by atoms with E-state index in [4.69, 9.17) is 4.74 Å². The minimum atomic E-state index is -0.0756. The first-order valence-corrected chi connectivity index (χ1v) is 11.4. The van der Waals surface area contributed by atoms with Crippen LogP contribution in [0.4, 0.5) is 4.79 Å². The highest BCUT2D eigenvalue weighted by Gasteiger charge is 2.51. The Morgan fingerprint density at radius 3 is 2.39 bits per heavy atom. The van der Waals surface area contributed by atoms with Crippen LogP contribution in [-0.2, 0) is 9.53 Å². The maximum Gasteiger partial charge on any atom is 0.315 e. The van der Waals surface area contributed by atoms with E-state index in [2.05, 4.69) is 10.6 Å². The van der Waals surface area contributed by atoms with E-state index in [1.54, 1.807) is 0 Å². The van der Waals surface area contributed by atoms with Gasteiger partial charge in [0, 0.05) is 43.6 Å². The van der Waals surface area contributed by atoms with Gasteiger partial charge in [0.2, 0.25) is 5.91 Å². The third-order valence-electron chi connectivity index (χ3n) is 8.24. The number of nitrogens with zero attached hydrogens (tertiary/aromatic N) is 1. The van der Waals surface area contributed by atoms with E-state index in [1.807, 2.05) is 4.90 Å². The molecule has 2 N–H and O–H groups in total. The monoisotopic (exact) mass is 389 g/mol. The van der Waals surface area contributed by atoms with Crippen LogP contribution in [0.25, 0.3) is 0 Å². The Labute approximate surface area is 168 Å². The molecule has 28 heavy (non-hydrogen) atoms. The summed E-state index contributed by atoms with van der Waals surface area (Å²) in [5.41, 5.74) is 0.225. The van der Waals surface area contributed by atoms with Crippen LogP contribution in [0.5, 0.6) is 0 Å². The van der Waals surface area contributed by atoms with Crippen molar-refractivity contribution in [3.05, 3.63) is 0 Å². The summed E-state index contributed by atoms with van der Waals surface area (Å²) in [7, 11) is 0. The molecule has 4 aliphatic carbocycles. The molecule has 2 heterocycles. The maximum absolute atomic E-state index is 12.6. The van der Waals surface area contributed by atoms with Gasteiger partial charge in [-0.15, -0.1) is 0 Å². The van der Waals surface area contributed by atoms with Crippen molar-refractivity contribution in [1.82, 2.24) is 15.5 Å². The molecule has 1 unspecified atom stereocenters. The summed E-state index contributed by atoms with van der Waals surface area (Å²) in [4.78, 5) is 27.1. The second kappa shape index (κ2) is 7.19. The molecule has 6 heteroatoms. The van der Waals surface area contributed by atoms with E-state index in [0.29, 0.717) is 13.0 Å². The smallest absolute Gasteiger partial charge is 0.315 e. The number of rotatable bonds is 4. The Morgan fingerprint density at radius 1 is 1.04 bits per heavy atom. The van der Waals surface area contributed by atoms with Gasteiger partial charge in [0.25, 0.3) is 0 Å². The van der Waals surface area contributed by atoms with Gasteiger partial charge in [0.05, 0.1) is 6.61 Å². The second-order valence-corrected chi connectivity index (χ2v) is 10.6. The Kier molecular flexibility index (Phi) is 4.80. The van der Waals surface area contributed by atoms with E-state index in [0.717, 1.165) is 76.2 Å². The summed E-state index contributed by atoms with van der Waals surface area (Å²) in [5.74, 6) is 2.62. The number of likely N-dealkylation sites (tertiary alicyclic amines) is 1. The average Bonchev–Trinajstić information content (AvgIpc) is 3.04.